The van der Waals surface area contributed by atoms with Crippen molar-refractivity contribution in [2.45, 2.75) is 25.1 Å². The summed E-state index contributed by atoms with van der Waals surface area (Å²) in [5, 5.41) is 13.6. The molecule has 0 N–H and O–H groups in total. The first-order valence-corrected chi connectivity index (χ1v) is 6.27. The molecule has 0 fully saturated rings. The number of halogens is 4. The van der Waals surface area contributed by atoms with Gasteiger partial charge in [0, 0.05) is 10.9 Å². The lowest BCUT2D eigenvalue weighted by molar-refractivity contribution is -0.0600. The minimum Gasteiger partial charge on any atom is -0.261 e. The van der Waals surface area contributed by atoms with Crippen LogP contribution in [-0.4, -0.2) is 17.9 Å². The number of anilines is 1. The summed E-state index contributed by atoms with van der Waals surface area (Å²) < 4.78 is 38.9. The summed E-state index contributed by atoms with van der Waals surface area (Å²) in [7, 11) is 0. The standard InChI is InChI=1S/C12H9BrF3N3/c13-8-1-3-9(4-2-8)19-10(5-6-17)7-11(18-19)12(14,15)16/h1-4,10H,5,7H2. The van der Waals surface area contributed by atoms with Gasteiger partial charge >= 0.3 is 6.18 Å². The molecule has 0 spiro atoms. The maximum atomic E-state index is 12.7. The molecule has 0 saturated heterocycles. The highest BCUT2D eigenvalue weighted by atomic mass is 79.9. The van der Waals surface area contributed by atoms with Gasteiger partial charge in [0.25, 0.3) is 0 Å². The molecule has 2 rings (SSSR count). The quantitative estimate of drug-likeness (QED) is 0.825. The van der Waals surface area contributed by atoms with E-state index in [2.05, 4.69) is 21.0 Å². The number of benzene rings is 1. The Morgan fingerprint density at radius 3 is 2.53 bits per heavy atom. The van der Waals surface area contributed by atoms with Crippen LogP contribution in [0.15, 0.2) is 33.8 Å². The van der Waals surface area contributed by atoms with E-state index in [4.69, 9.17) is 5.26 Å². The molecule has 1 heterocycles. The van der Waals surface area contributed by atoms with E-state index in [0.29, 0.717) is 5.69 Å². The number of nitriles is 1. The van der Waals surface area contributed by atoms with E-state index in [0.717, 1.165) is 4.47 Å². The van der Waals surface area contributed by atoms with Gasteiger partial charge in [0.1, 0.15) is 5.71 Å². The van der Waals surface area contributed by atoms with Gasteiger partial charge in [-0.1, -0.05) is 15.9 Å². The molecule has 1 aromatic carbocycles. The van der Waals surface area contributed by atoms with E-state index in [1.807, 2.05) is 6.07 Å². The van der Waals surface area contributed by atoms with Crippen LogP contribution in [0, 0.1) is 11.3 Å². The molecule has 0 aliphatic carbocycles. The van der Waals surface area contributed by atoms with Gasteiger partial charge in [0.2, 0.25) is 0 Å². The Kier molecular flexibility index (Phi) is 3.80. The normalized spacial score (nSPS) is 19.2. The molecule has 0 bridgehead atoms. The van der Waals surface area contributed by atoms with Gasteiger partial charge in [-0.05, 0) is 24.3 Å². The van der Waals surface area contributed by atoms with Gasteiger partial charge in [-0.3, -0.25) is 5.01 Å². The lowest BCUT2D eigenvalue weighted by Crippen LogP contribution is -2.26. The van der Waals surface area contributed by atoms with Crippen LogP contribution in [0.3, 0.4) is 0 Å². The van der Waals surface area contributed by atoms with Gasteiger partial charge in [0.05, 0.1) is 24.2 Å². The first-order valence-electron chi connectivity index (χ1n) is 5.48. The molecule has 0 radical (unpaired) electrons. The van der Waals surface area contributed by atoms with E-state index >= 15 is 0 Å². The third-order valence-corrected chi connectivity index (χ3v) is 3.28. The summed E-state index contributed by atoms with van der Waals surface area (Å²) in [4.78, 5) is 0. The molecule has 1 unspecified atom stereocenters. The van der Waals surface area contributed by atoms with E-state index in [1.165, 1.54) is 5.01 Å². The third kappa shape index (κ3) is 3.07. The molecular weight excluding hydrogens is 323 g/mol. The zero-order chi connectivity index (χ0) is 14.0. The maximum absolute atomic E-state index is 12.7. The number of rotatable bonds is 2. The van der Waals surface area contributed by atoms with Crippen LogP contribution in [0.25, 0.3) is 0 Å². The Bertz CT molecular complexity index is 531. The maximum Gasteiger partial charge on any atom is 0.431 e. The lowest BCUT2D eigenvalue weighted by Gasteiger charge is -2.21. The van der Waals surface area contributed by atoms with Crippen LogP contribution in [0.5, 0.6) is 0 Å². The van der Waals surface area contributed by atoms with Gasteiger partial charge in [-0.2, -0.15) is 23.5 Å². The highest BCUT2D eigenvalue weighted by Gasteiger charge is 2.42. The van der Waals surface area contributed by atoms with Gasteiger partial charge in [0.15, 0.2) is 0 Å². The van der Waals surface area contributed by atoms with Crippen molar-refractivity contribution in [2.75, 3.05) is 5.01 Å². The van der Waals surface area contributed by atoms with Crippen molar-refractivity contribution in [3.63, 3.8) is 0 Å². The summed E-state index contributed by atoms with van der Waals surface area (Å²) in [6.45, 7) is 0. The third-order valence-electron chi connectivity index (χ3n) is 2.75. The molecule has 19 heavy (non-hydrogen) atoms. The van der Waals surface area contributed by atoms with E-state index in [9.17, 15) is 13.2 Å². The monoisotopic (exact) mass is 331 g/mol. The second-order valence-electron chi connectivity index (χ2n) is 4.09. The topological polar surface area (TPSA) is 39.4 Å². The van der Waals surface area contributed by atoms with Crippen LogP contribution < -0.4 is 5.01 Å². The van der Waals surface area contributed by atoms with Crippen molar-refractivity contribution in [3.8, 4) is 6.07 Å². The van der Waals surface area contributed by atoms with Crippen molar-refractivity contribution in [1.82, 2.24) is 0 Å². The van der Waals surface area contributed by atoms with Crippen molar-refractivity contribution in [1.29, 1.82) is 5.26 Å². The molecule has 7 heteroatoms. The molecule has 0 saturated carbocycles. The second kappa shape index (κ2) is 5.21. The van der Waals surface area contributed by atoms with Gasteiger partial charge in [-0.25, -0.2) is 0 Å². The van der Waals surface area contributed by atoms with Crippen molar-refractivity contribution in [3.05, 3.63) is 28.7 Å². The molecule has 1 aliphatic heterocycles. The Morgan fingerprint density at radius 2 is 2.00 bits per heavy atom. The number of hydrazone groups is 1. The smallest absolute Gasteiger partial charge is 0.261 e. The summed E-state index contributed by atoms with van der Waals surface area (Å²) in [6, 6.07) is 8.11. The zero-order valence-electron chi connectivity index (χ0n) is 9.65. The Balaban J connectivity index is 2.32. The fourth-order valence-electron chi connectivity index (χ4n) is 1.86. The zero-order valence-corrected chi connectivity index (χ0v) is 11.2. The van der Waals surface area contributed by atoms with E-state index in [-0.39, 0.29) is 12.8 Å². The predicted octanol–water partition coefficient (Wildman–Crippen LogP) is 3.86. The van der Waals surface area contributed by atoms with Crippen LogP contribution in [-0.2, 0) is 0 Å². The van der Waals surface area contributed by atoms with E-state index < -0.39 is 17.9 Å². The highest BCUT2D eigenvalue weighted by molar-refractivity contribution is 9.10. The SMILES string of the molecule is N#CCC1CC(C(F)(F)F)=NN1c1ccc(Br)cc1. The summed E-state index contributed by atoms with van der Waals surface area (Å²) in [5.41, 5.74) is -0.293. The molecule has 0 amide bonds. The number of hydrogen-bond donors (Lipinski definition) is 0. The first-order chi connectivity index (χ1) is 8.91. The van der Waals surface area contributed by atoms with Crippen molar-refractivity contribution < 1.29 is 13.2 Å². The molecular formula is C12H9BrF3N3. The Hall–Kier alpha value is -1.55. The minimum atomic E-state index is -4.45. The first kappa shape index (κ1) is 13.9. The summed E-state index contributed by atoms with van der Waals surface area (Å²) in [5.74, 6) is 0. The summed E-state index contributed by atoms with van der Waals surface area (Å²) in [6.07, 6.45) is -4.70. The molecule has 1 aliphatic rings. The van der Waals surface area contributed by atoms with Crippen LogP contribution in [0.2, 0.25) is 0 Å². The van der Waals surface area contributed by atoms with Crippen molar-refractivity contribution >= 4 is 27.3 Å². The molecule has 1 aromatic rings. The van der Waals surface area contributed by atoms with Crippen LogP contribution in [0.1, 0.15) is 12.8 Å². The second-order valence-corrected chi connectivity index (χ2v) is 5.00. The average molecular weight is 332 g/mol. The van der Waals surface area contributed by atoms with Crippen LogP contribution >= 0.6 is 15.9 Å². The largest absolute Gasteiger partial charge is 0.431 e. The van der Waals surface area contributed by atoms with Crippen LogP contribution in [0.4, 0.5) is 18.9 Å². The van der Waals surface area contributed by atoms with Gasteiger partial charge < -0.3 is 0 Å². The minimum absolute atomic E-state index is 0.000849. The molecule has 0 aromatic heterocycles. The Labute approximate surface area is 116 Å². The predicted molar refractivity (Wildman–Crippen MR) is 68.7 cm³/mol. The fourth-order valence-corrected chi connectivity index (χ4v) is 2.13. The lowest BCUT2D eigenvalue weighted by atomic mass is 10.1. The number of hydrogen-bond acceptors (Lipinski definition) is 3. The average Bonchev–Trinajstić information content (AvgIpc) is 2.74. The summed E-state index contributed by atoms with van der Waals surface area (Å²) >= 11 is 3.26. The number of alkyl halides is 3. The van der Waals surface area contributed by atoms with Gasteiger partial charge in [-0.15, -0.1) is 0 Å². The fraction of sp³-hybridized carbons (Fsp3) is 0.333. The van der Waals surface area contributed by atoms with E-state index in [1.54, 1.807) is 24.3 Å². The van der Waals surface area contributed by atoms with Crippen molar-refractivity contribution in [2.24, 2.45) is 5.10 Å². The molecule has 3 nitrogen and oxygen atoms in total. The molecule has 100 valence electrons. The molecule has 1 atom stereocenters. The Morgan fingerprint density at radius 1 is 1.37 bits per heavy atom. The highest BCUT2D eigenvalue weighted by Crippen LogP contribution is 2.32. The number of nitrogens with zero attached hydrogens (tertiary/aromatic N) is 3.